The number of allylic oxidation sites excluding steroid dienone is 1. The van der Waals surface area contributed by atoms with Crippen LogP contribution in [0, 0.1) is 5.41 Å². The van der Waals surface area contributed by atoms with Gasteiger partial charge in [-0.15, -0.1) is 11.8 Å². The summed E-state index contributed by atoms with van der Waals surface area (Å²) in [5, 5.41) is 12.6. The number of hydrogen-bond donors (Lipinski definition) is 5. The predicted molar refractivity (Wildman–Crippen MR) is 357 cm³/mol. The number of imide groups is 2. The number of hydrogen-bond acceptors (Lipinski definition) is 16. The van der Waals surface area contributed by atoms with Crippen molar-refractivity contribution in [2.75, 3.05) is 99.9 Å². The average Bonchev–Trinajstić information content (AvgIpc) is 1.66. The predicted octanol–water partition coefficient (Wildman–Crippen LogP) is 11.1. The Morgan fingerprint density at radius 2 is 1.53 bits per heavy atom. The molecular weight excluding hydrogens is 1280 g/mol. The second kappa shape index (κ2) is 31.5. The minimum absolute atomic E-state index is 0.0310. The van der Waals surface area contributed by atoms with Crippen LogP contribution in [0.25, 0.3) is 5.57 Å². The number of anilines is 3. The van der Waals surface area contributed by atoms with E-state index in [0.717, 1.165) is 136 Å². The SMILES string of the molecule is CC1(CNC(=O)CCCCCCCNc2cccc3c2C(=O)N(C2CCC(=O)NC2=O)C3=O)CCC(c2ccc(Cl)cc2)=C(CN2CCN(c3ccc(C(=O)NSc4ccc(N[C@H](CCN5CCOCC5)CSc5ccccc5)c(S(=O)(=O)C(F)(F)F)c4)cc3)CC2)C1. The van der Waals surface area contributed by atoms with Gasteiger partial charge in [-0.2, -0.15) is 13.2 Å². The van der Waals surface area contributed by atoms with E-state index in [-0.39, 0.29) is 51.9 Å². The van der Waals surface area contributed by atoms with Crippen molar-refractivity contribution in [3.63, 3.8) is 0 Å². The maximum Gasteiger partial charge on any atom is 0.501 e. The van der Waals surface area contributed by atoms with Crippen LogP contribution in [0.3, 0.4) is 0 Å². The van der Waals surface area contributed by atoms with E-state index in [1.54, 1.807) is 30.3 Å². The number of piperidine rings is 1. The lowest BCUT2D eigenvalue weighted by molar-refractivity contribution is -0.136. The molecule has 496 valence electrons. The van der Waals surface area contributed by atoms with E-state index >= 15 is 0 Å². The van der Waals surface area contributed by atoms with E-state index in [1.807, 2.05) is 54.6 Å². The van der Waals surface area contributed by atoms with Crippen LogP contribution >= 0.6 is 35.3 Å². The molecule has 1 aliphatic carbocycles. The summed E-state index contributed by atoms with van der Waals surface area (Å²) in [7, 11) is -5.80. The zero-order valence-electron chi connectivity index (χ0n) is 52.0. The lowest BCUT2D eigenvalue weighted by Crippen LogP contribution is -2.54. The summed E-state index contributed by atoms with van der Waals surface area (Å²) in [6.07, 6.45) is 7.96. The summed E-state index contributed by atoms with van der Waals surface area (Å²) in [6, 6.07) is 32.1. The number of thioether (sulfide) groups is 1. The van der Waals surface area contributed by atoms with Crippen LogP contribution < -0.4 is 30.9 Å². The highest BCUT2D eigenvalue weighted by Gasteiger charge is 2.49. The summed E-state index contributed by atoms with van der Waals surface area (Å²) in [5.74, 6) is -2.17. The minimum atomic E-state index is -5.80. The quantitative estimate of drug-likeness (QED) is 0.0136. The molecule has 4 aliphatic heterocycles. The maximum absolute atomic E-state index is 14.3. The van der Waals surface area contributed by atoms with Gasteiger partial charge in [0.05, 0.1) is 30.0 Å². The van der Waals surface area contributed by atoms with E-state index in [4.69, 9.17) is 16.3 Å². The Balaban J connectivity index is 0.674. The second-order valence-electron chi connectivity index (χ2n) is 24.6. The summed E-state index contributed by atoms with van der Waals surface area (Å²) < 4.78 is 77.4. The fourth-order valence-electron chi connectivity index (χ4n) is 12.6. The molecule has 93 heavy (non-hydrogen) atoms. The zero-order valence-corrected chi connectivity index (χ0v) is 55.2. The lowest BCUT2D eigenvalue weighted by atomic mass is 9.71. The average molecular weight is 1360 g/mol. The van der Waals surface area contributed by atoms with Crippen molar-refractivity contribution < 1.29 is 55.1 Å². The molecule has 3 saturated heterocycles. The standard InChI is InChI=1S/C68H79ClF3N9O9S3/c1-67(45-74-60(82)15-8-3-2-4-9-31-73-57-14-10-13-55-62(57)66(87)81(65(55)86)58-26-27-61(83)76-64(58)85)30-28-54(46-16-20-49(69)21-17-46)48(42-67)43-79-33-35-80(36-34-79)51-22-18-47(19-23-51)63(84)77-92-53-24-25-56(59(41-53)93(88,89)68(70,71)72)75-50(29-32-78-37-39-90-40-38-78)44-91-52-11-6-5-7-12-52/h5-7,10-14,16-25,41,50,58,73,75H,2-4,8-9,15,26-40,42-45H2,1H3,(H,74,82)(H,77,84)(H,76,83,85)/t50-,58?,67?/m1/s1. The van der Waals surface area contributed by atoms with Gasteiger partial charge in [-0.3, -0.25) is 53.5 Å². The highest BCUT2D eigenvalue weighted by molar-refractivity contribution is 7.99. The number of sulfone groups is 1. The number of amides is 6. The lowest BCUT2D eigenvalue weighted by Gasteiger charge is -2.41. The number of halogens is 4. The fourth-order valence-corrected chi connectivity index (χ4v) is 15.4. The van der Waals surface area contributed by atoms with Gasteiger partial charge in [-0.25, -0.2) is 8.42 Å². The van der Waals surface area contributed by atoms with E-state index in [0.29, 0.717) is 67.7 Å². The van der Waals surface area contributed by atoms with Gasteiger partial charge in [0.15, 0.2) is 0 Å². The van der Waals surface area contributed by atoms with E-state index < -0.39 is 55.8 Å². The van der Waals surface area contributed by atoms with Gasteiger partial charge in [0.25, 0.3) is 27.6 Å². The molecule has 10 rings (SSSR count). The molecule has 0 bridgehead atoms. The van der Waals surface area contributed by atoms with Crippen molar-refractivity contribution in [2.45, 2.75) is 116 Å². The molecule has 3 atom stereocenters. The van der Waals surface area contributed by atoms with Crippen LogP contribution in [0.1, 0.15) is 121 Å². The Morgan fingerprint density at radius 1 is 0.796 bits per heavy atom. The number of piperazine rings is 1. The third kappa shape index (κ3) is 17.9. The number of nitrogens with one attached hydrogen (secondary N) is 5. The number of nitrogens with zero attached hydrogens (tertiary/aromatic N) is 4. The normalized spacial score (nSPS) is 19.5. The molecule has 5 aliphatic rings. The van der Waals surface area contributed by atoms with Gasteiger partial charge < -0.3 is 25.6 Å². The van der Waals surface area contributed by atoms with Crippen molar-refractivity contribution in [1.82, 2.24) is 30.1 Å². The van der Waals surface area contributed by atoms with Crippen molar-refractivity contribution in [3.8, 4) is 0 Å². The Bertz CT molecular complexity index is 3650. The van der Waals surface area contributed by atoms with Gasteiger partial charge in [0.2, 0.25) is 17.7 Å². The fraction of sp³-hybridized carbons (Fsp3) is 0.441. The van der Waals surface area contributed by atoms with E-state index in [9.17, 15) is 50.4 Å². The Hall–Kier alpha value is -6.93. The van der Waals surface area contributed by atoms with Crippen molar-refractivity contribution in [2.24, 2.45) is 5.41 Å². The molecule has 5 N–H and O–H groups in total. The highest BCUT2D eigenvalue weighted by atomic mass is 35.5. The summed E-state index contributed by atoms with van der Waals surface area (Å²) in [6.45, 7) is 10.4. The van der Waals surface area contributed by atoms with Gasteiger partial charge >= 0.3 is 5.51 Å². The number of morpholine rings is 1. The third-order valence-corrected chi connectivity index (χ3v) is 21.6. The van der Waals surface area contributed by atoms with Crippen LogP contribution in [0.15, 0.2) is 136 Å². The van der Waals surface area contributed by atoms with Crippen LogP contribution in [0.5, 0.6) is 0 Å². The monoisotopic (exact) mass is 1350 g/mol. The summed E-state index contributed by atoms with van der Waals surface area (Å²) in [5.41, 5.74) is 0.146. The van der Waals surface area contributed by atoms with Crippen LogP contribution in [0.4, 0.5) is 30.2 Å². The first-order chi connectivity index (χ1) is 44.7. The molecule has 25 heteroatoms. The number of alkyl halides is 3. The van der Waals surface area contributed by atoms with Crippen LogP contribution in [-0.4, -0.2) is 161 Å². The minimum Gasteiger partial charge on any atom is -0.384 e. The molecule has 0 spiro atoms. The van der Waals surface area contributed by atoms with E-state index in [2.05, 4.69) is 59.7 Å². The largest absolute Gasteiger partial charge is 0.501 e. The number of ether oxygens (including phenoxy) is 1. The Kier molecular flexibility index (Phi) is 23.4. The van der Waals surface area contributed by atoms with Crippen LogP contribution in [-0.2, 0) is 29.0 Å². The highest BCUT2D eigenvalue weighted by Crippen LogP contribution is 2.44. The van der Waals surface area contributed by atoms with Crippen molar-refractivity contribution >= 4 is 103 Å². The molecule has 0 saturated carbocycles. The van der Waals surface area contributed by atoms with E-state index in [1.165, 1.54) is 35.0 Å². The van der Waals surface area contributed by atoms with Gasteiger partial charge in [-0.05, 0) is 152 Å². The van der Waals surface area contributed by atoms with Crippen molar-refractivity contribution in [1.29, 1.82) is 0 Å². The number of carbonyl (C=O) groups is 6. The number of benzene rings is 5. The van der Waals surface area contributed by atoms with Gasteiger partial charge in [0, 0.05) is 122 Å². The number of fused-ring (bicyclic) bond motifs is 1. The molecule has 0 aromatic heterocycles. The smallest absolute Gasteiger partial charge is 0.384 e. The van der Waals surface area contributed by atoms with Gasteiger partial charge in [-0.1, -0.05) is 79.8 Å². The number of rotatable bonds is 28. The number of unbranched alkanes of at least 4 members (excludes halogenated alkanes) is 4. The first kappa shape index (κ1) is 68.9. The molecule has 2 unspecified atom stereocenters. The first-order valence-electron chi connectivity index (χ1n) is 31.8. The third-order valence-electron chi connectivity index (χ3n) is 17.9. The molecular formula is C68H79ClF3N9O9S3. The maximum atomic E-state index is 14.3. The van der Waals surface area contributed by atoms with Crippen LogP contribution in [0.2, 0.25) is 5.02 Å². The topological polar surface area (TPSA) is 219 Å². The molecule has 5 aromatic carbocycles. The molecule has 4 heterocycles. The van der Waals surface area contributed by atoms with Crippen molar-refractivity contribution in [3.05, 3.63) is 148 Å². The second-order valence-corrected chi connectivity index (χ2v) is 29.0. The molecule has 5 aromatic rings. The Labute approximate surface area is 554 Å². The molecule has 6 amide bonds. The zero-order chi connectivity index (χ0) is 65.7. The molecule has 18 nitrogen and oxygen atoms in total. The first-order valence-corrected chi connectivity index (χ1v) is 35.4. The number of carbonyl (C=O) groups excluding carboxylic acids is 6. The summed E-state index contributed by atoms with van der Waals surface area (Å²) in [4.78, 5) is 85.8. The molecule has 0 radical (unpaired) electrons. The summed E-state index contributed by atoms with van der Waals surface area (Å²) >= 11 is 8.60. The van der Waals surface area contributed by atoms with Gasteiger partial charge in [0.1, 0.15) is 10.9 Å². The Morgan fingerprint density at radius 3 is 2.26 bits per heavy atom. The molecule has 3 fully saturated rings.